The molecule has 0 bridgehead atoms. The first kappa shape index (κ1) is 14.5. The van der Waals surface area contributed by atoms with Gasteiger partial charge in [-0.15, -0.1) is 0 Å². The summed E-state index contributed by atoms with van der Waals surface area (Å²) in [6.07, 6.45) is 8.56. The first-order valence-corrected chi connectivity index (χ1v) is 7.05. The van der Waals surface area contributed by atoms with Gasteiger partial charge in [-0.25, -0.2) is 0 Å². The molecule has 1 rings (SSSR count). The van der Waals surface area contributed by atoms with Crippen LogP contribution in [-0.2, 0) is 4.79 Å². The molecule has 1 atom stereocenters. The van der Waals surface area contributed by atoms with Crippen LogP contribution in [0.1, 0.15) is 65.2 Å². The standard InChI is InChI=1S/C14H27NO2/c1-3-4-5-6-7-11-15-13(17)9-8-10-14(15,2)12-16/h16H,3-12H2,1-2H3. The highest BCUT2D eigenvalue weighted by Crippen LogP contribution is 2.28. The fourth-order valence-electron chi connectivity index (χ4n) is 2.62. The molecular formula is C14H27NO2. The van der Waals surface area contributed by atoms with E-state index in [-0.39, 0.29) is 18.1 Å². The Morgan fingerprint density at radius 2 is 2.00 bits per heavy atom. The van der Waals surface area contributed by atoms with Crippen LogP contribution < -0.4 is 0 Å². The average molecular weight is 241 g/mol. The molecule has 0 aliphatic carbocycles. The number of rotatable bonds is 7. The zero-order valence-corrected chi connectivity index (χ0v) is 11.4. The van der Waals surface area contributed by atoms with Crippen molar-refractivity contribution < 1.29 is 9.90 Å². The minimum absolute atomic E-state index is 0.0910. The molecule has 1 N–H and O–H groups in total. The number of aliphatic hydroxyl groups is 1. The molecule has 0 radical (unpaired) electrons. The third kappa shape index (κ3) is 3.98. The predicted octanol–water partition coefficient (Wildman–Crippen LogP) is 2.72. The number of hydrogen-bond donors (Lipinski definition) is 1. The summed E-state index contributed by atoms with van der Waals surface area (Å²) >= 11 is 0. The average Bonchev–Trinajstić information content (AvgIpc) is 2.32. The lowest BCUT2D eigenvalue weighted by molar-refractivity contribution is -0.143. The summed E-state index contributed by atoms with van der Waals surface area (Å²) < 4.78 is 0. The van der Waals surface area contributed by atoms with E-state index < -0.39 is 0 Å². The van der Waals surface area contributed by atoms with Crippen molar-refractivity contribution in [1.82, 2.24) is 4.90 Å². The predicted molar refractivity (Wildman–Crippen MR) is 69.8 cm³/mol. The number of unbranched alkanes of at least 4 members (excludes halogenated alkanes) is 4. The van der Waals surface area contributed by atoms with E-state index >= 15 is 0 Å². The van der Waals surface area contributed by atoms with Crippen LogP contribution >= 0.6 is 0 Å². The zero-order valence-electron chi connectivity index (χ0n) is 11.4. The van der Waals surface area contributed by atoms with Gasteiger partial charge in [-0.3, -0.25) is 4.79 Å². The maximum absolute atomic E-state index is 11.9. The van der Waals surface area contributed by atoms with Crippen molar-refractivity contribution in [3.05, 3.63) is 0 Å². The summed E-state index contributed by atoms with van der Waals surface area (Å²) in [4.78, 5) is 13.8. The summed E-state index contributed by atoms with van der Waals surface area (Å²) in [7, 11) is 0. The number of nitrogens with zero attached hydrogens (tertiary/aromatic N) is 1. The molecule has 3 nitrogen and oxygen atoms in total. The van der Waals surface area contributed by atoms with Gasteiger partial charge >= 0.3 is 0 Å². The normalized spacial score (nSPS) is 25.4. The summed E-state index contributed by atoms with van der Waals surface area (Å²) in [5.41, 5.74) is -0.305. The number of hydrogen-bond acceptors (Lipinski definition) is 2. The summed E-state index contributed by atoms with van der Waals surface area (Å²) in [5.74, 6) is 0.225. The smallest absolute Gasteiger partial charge is 0.223 e. The molecular weight excluding hydrogens is 214 g/mol. The van der Waals surface area contributed by atoms with E-state index in [0.717, 1.165) is 25.8 Å². The van der Waals surface area contributed by atoms with Crippen LogP contribution in [0.25, 0.3) is 0 Å². The molecule has 1 aliphatic rings. The van der Waals surface area contributed by atoms with Gasteiger partial charge in [-0.2, -0.15) is 0 Å². The lowest BCUT2D eigenvalue weighted by Crippen LogP contribution is -2.55. The van der Waals surface area contributed by atoms with E-state index in [4.69, 9.17) is 0 Å². The fourth-order valence-corrected chi connectivity index (χ4v) is 2.62. The molecule has 17 heavy (non-hydrogen) atoms. The number of likely N-dealkylation sites (tertiary alicyclic amines) is 1. The van der Waals surface area contributed by atoms with Crippen LogP contribution in [0.3, 0.4) is 0 Å². The fraction of sp³-hybridized carbons (Fsp3) is 0.929. The maximum Gasteiger partial charge on any atom is 0.223 e. The molecule has 0 aromatic carbocycles. The highest BCUT2D eigenvalue weighted by atomic mass is 16.3. The topological polar surface area (TPSA) is 40.5 Å². The van der Waals surface area contributed by atoms with Crippen molar-refractivity contribution >= 4 is 5.91 Å². The molecule has 1 heterocycles. The molecule has 100 valence electrons. The quantitative estimate of drug-likeness (QED) is 0.696. The van der Waals surface area contributed by atoms with E-state index in [1.807, 2.05) is 11.8 Å². The Bertz CT molecular complexity index is 242. The second-order valence-corrected chi connectivity index (χ2v) is 5.47. The number of carbonyl (C=O) groups is 1. The molecule has 1 fully saturated rings. The Labute approximate surface area is 105 Å². The number of aliphatic hydroxyl groups excluding tert-OH is 1. The molecule has 1 amide bonds. The Hall–Kier alpha value is -0.570. The van der Waals surface area contributed by atoms with Crippen LogP contribution in [-0.4, -0.2) is 34.6 Å². The zero-order chi connectivity index (χ0) is 12.7. The van der Waals surface area contributed by atoms with Crippen LogP contribution in [0.5, 0.6) is 0 Å². The Morgan fingerprint density at radius 1 is 1.29 bits per heavy atom. The first-order chi connectivity index (χ1) is 8.14. The summed E-state index contributed by atoms with van der Waals surface area (Å²) in [5, 5.41) is 9.49. The molecule has 0 spiro atoms. The molecule has 3 heteroatoms. The van der Waals surface area contributed by atoms with E-state index in [1.54, 1.807) is 0 Å². The van der Waals surface area contributed by atoms with Gasteiger partial charge in [0.05, 0.1) is 12.1 Å². The molecule has 0 aromatic heterocycles. The van der Waals surface area contributed by atoms with Crippen molar-refractivity contribution in [2.24, 2.45) is 0 Å². The Morgan fingerprint density at radius 3 is 2.65 bits per heavy atom. The van der Waals surface area contributed by atoms with Crippen molar-refractivity contribution in [3.8, 4) is 0 Å². The van der Waals surface area contributed by atoms with Crippen molar-refractivity contribution in [1.29, 1.82) is 0 Å². The van der Waals surface area contributed by atoms with Crippen molar-refractivity contribution in [3.63, 3.8) is 0 Å². The molecule has 1 saturated heterocycles. The van der Waals surface area contributed by atoms with Gasteiger partial charge in [0.25, 0.3) is 0 Å². The SMILES string of the molecule is CCCCCCCN1C(=O)CCCC1(C)CO. The second kappa shape index (κ2) is 7.00. The van der Waals surface area contributed by atoms with E-state index in [9.17, 15) is 9.90 Å². The molecule has 1 aliphatic heterocycles. The second-order valence-electron chi connectivity index (χ2n) is 5.47. The van der Waals surface area contributed by atoms with Gasteiger partial charge in [-0.1, -0.05) is 32.6 Å². The van der Waals surface area contributed by atoms with Crippen molar-refractivity contribution in [2.45, 2.75) is 70.8 Å². The minimum atomic E-state index is -0.305. The van der Waals surface area contributed by atoms with Gasteiger partial charge in [0.15, 0.2) is 0 Å². The lowest BCUT2D eigenvalue weighted by atomic mass is 9.88. The Balaban J connectivity index is 2.39. The highest BCUT2D eigenvalue weighted by Gasteiger charge is 2.37. The van der Waals surface area contributed by atoms with Gasteiger partial charge in [0.2, 0.25) is 5.91 Å². The maximum atomic E-state index is 11.9. The Kier molecular flexibility index (Phi) is 5.96. The largest absolute Gasteiger partial charge is 0.394 e. The van der Waals surface area contributed by atoms with E-state index in [2.05, 4.69) is 6.92 Å². The van der Waals surface area contributed by atoms with Crippen LogP contribution in [0, 0.1) is 0 Å². The molecule has 1 unspecified atom stereocenters. The van der Waals surface area contributed by atoms with Gasteiger partial charge in [-0.05, 0) is 26.2 Å². The lowest BCUT2D eigenvalue weighted by Gasteiger charge is -2.43. The number of amides is 1. The third-order valence-corrected chi connectivity index (χ3v) is 3.88. The molecule has 0 aromatic rings. The van der Waals surface area contributed by atoms with Gasteiger partial charge in [0, 0.05) is 13.0 Å². The third-order valence-electron chi connectivity index (χ3n) is 3.88. The van der Waals surface area contributed by atoms with Crippen LogP contribution in [0.2, 0.25) is 0 Å². The first-order valence-electron chi connectivity index (χ1n) is 7.05. The molecule has 0 saturated carbocycles. The van der Waals surface area contributed by atoms with Crippen molar-refractivity contribution in [2.75, 3.05) is 13.2 Å². The monoisotopic (exact) mass is 241 g/mol. The van der Waals surface area contributed by atoms with Crippen LogP contribution in [0.15, 0.2) is 0 Å². The van der Waals surface area contributed by atoms with Gasteiger partial charge in [0.1, 0.15) is 0 Å². The van der Waals surface area contributed by atoms with E-state index in [0.29, 0.717) is 6.42 Å². The minimum Gasteiger partial charge on any atom is -0.394 e. The summed E-state index contributed by atoms with van der Waals surface area (Å²) in [6.45, 7) is 5.13. The van der Waals surface area contributed by atoms with Crippen LogP contribution in [0.4, 0.5) is 0 Å². The van der Waals surface area contributed by atoms with Gasteiger partial charge < -0.3 is 10.0 Å². The summed E-state index contributed by atoms with van der Waals surface area (Å²) in [6, 6.07) is 0. The van der Waals surface area contributed by atoms with E-state index in [1.165, 1.54) is 25.7 Å². The number of piperidine rings is 1. The number of carbonyl (C=O) groups excluding carboxylic acids is 1. The highest BCUT2D eigenvalue weighted by molar-refractivity contribution is 5.77.